The number of alkyl carbamates (subject to hydrolysis) is 1. The van der Waals surface area contributed by atoms with E-state index in [1.54, 1.807) is 26.8 Å². The molecule has 5 nitrogen and oxygen atoms in total. The Morgan fingerprint density at radius 3 is 2.53 bits per heavy atom. The zero-order valence-corrected chi connectivity index (χ0v) is 9.36. The van der Waals surface area contributed by atoms with Crippen molar-refractivity contribution in [1.82, 2.24) is 5.32 Å². The number of ether oxygens (including phenoxy) is 1. The number of carbonyl (C=O) groups is 1. The highest BCUT2D eigenvalue weighted by Crippen LogP contribution is 2.06. The Morgan fingerprint density at radius 1 is 1.47 bits per heavy atom. The highest BCUT2D eigenvalue weighted by atomic mass is 16.6. The molecule has 0 aromatic heterocycles. The third-order valence-electron chi connectivity index (χ3n) is 1.29. The zero-order chi connectivity index (χ0) is 11.9. The van der Waals surface area contributed by atoms with E-state index >= 15 is 0 Å². The summed E-state index contributed by atoms with van der Waals surface area (Å²) in [6, 6.07) is 0. The summed E-state index contributed by atoms with van der Waals surface area (Å²) in [5.41, 5.74) is -0.499. The first-order valence-corrected chi connectivity index (χ1v) is 4.81. The van der Waals surface area contributed by atoms with Gasteiger partial charge in [0.1, 0.15) is 5.60 Å². The van der Waals surface area contributed by atoms with E-state index in [1.165, 1.54) is 5.98 Å². The SMILES string of the molecule is CC(C)(C)OC(=O)NCC/C=C/B(O)O. The molecule has 0 spiro atoms. The molecular weight excluding hydrogens is 197 g/mol. The summed E-state index contributed by atoms with van der Waals surface area (Å²) in [4.78, 5) is 11.1. The summed E-state index contributed by atoms with van der Waals surface area (Å²) in [6.45, 7) is 5.76. The van der Waals surface area contributed by atoms with Crippen LogP contribution in [0.2, 0.25) is 0 Å². The van der Waals surface area contributed by atoms with Gasteiger partial charge in [-0.15, -0.1) is 0 Å². The predicted octanol–water partition coefficient (Wildman–Crippen LogP) is 0.469. The van der Waals surface area contributed by atoms with E-state index in [4.69, 9.17) is 14.8 Å². The van der Waals surface area contributed by atoms with Crippen molar-refractivity contribution in [3.63, 3.8) is 0 Å². The Balaban J connectivity index is 3.56. The monoisotopic (exact) mass is 215 g/mol. The molecule has 3 N–H and O–H groups in total. The normalized spacial score (nSPS) is 11.5. The first-order chi connectivity index (χ1) is 6.81. The van der Waals surface area contributed by atoms with Crippen molar-refractivity contribution < 1.29 is 19.6 Å². The summed E-state index contributed by atoms with van der Waals surface area (Å²) < 4.78 is 4.99. The van der Waals surface area contributed by atoms with E-state index in [0.717, 1.165) is 0 Å². The van der Waals surface area contributed by atoms with E-state index in [1.807, 2.05) is 0 Å². The van der Waals surface area contributed by atoms with Crippen molar-refractivity contribution in [3.05, 3.63) is 12.1 Å². The van der Waals surface area contributed by atoms with E-state index in [2.05, 4.69) is 5.32 Å². The van der Waals surface area contributed by atoms with Crippen LogP contribution in [0.3, 0.4) is 0 Å². The van der Waals surface area contributed by atoms with Crippen molar-refractivity contribution in [2.24, 2.45) is 0 Å². The van der Waals surface area contributed by atoms with Gasteiger partial charge in [-0.05, 0) is 27.2 Å². The highest BCUT2D eigenvalue weighted by Gasteiger charge is 2.15. The molecule has 86 valence electrons. The van der Waals surface area contributed by atoms with Crippen LogP contribution in [0.5, 0.6) is 0 Å². The molecule has 0 aliphatic heterocycles. The topological polar surface area (TPSA) is 78.8 Å². The lowest BCUT2D eigenvalue weighted by Gasteiger charge is -2.19. The second-order valence-corrected chi connectivity index (χ2v) is 4.06. The molecule has 0 aliphatic rings. The second-order valence-electron chi connectivity index (χ2n) is 4.06. The van der Waals surface area contributed by atoms with Crippen LogP contribution < -0.4 is 5.32 Å². The first kappa shape index (κ1) is 14.0. The number of amides is 1. The lowest BCUT2D eigenvalue weighted by atomic mass is 9.91. The average molecular weight is 215 g/mol. The lowest BCUT2D eigenvalue weighted by Crippen LogP contribution is -2.32. The van der Waals surface area contributed by atoms with Gasteiger partial charge in [0.15, 0.2) is 0 Å². The van der Waals surface area contributed by atoms with Crippen LogP contribution in [0.25, 0.3) is 0 Å². The predicted molar refractivity (Wildman–Crippen MR) is 58.2 cm³/mol. The molecular formula is C9H18BNO4. The molecule has 0 saturated carbocycles. The Hall–Kier alpha value is -1.01. The Kier molecular flexibility index (Phi) is 6.04. The van der Waals surface area contributed by atoms with Crippen molar-refractivity contribution in [2.75, 3.05) is 6.54 Å². The smallest absolute Gasteiger partial charge is 0.444 e. The molecule has 0 rings (SSSR count). The van der Waals surface area contributed by atoms with Crippen molar-refractivity contribution in [1.29, 1.82) is 0 Å². The van der Waals surface area contributed by atoms with Crippen LogP contribution in [-0.2, 0) is 4.74 Å². The largest absolute Gasteiger partial charge is 0.480 e. The van der Waals surface area contributed by atoms with Crippen LogP contribution >= 0.6 is 0 Å². The summed E-state index contributed by atoms with van der Waals surface area (Å²) >= 11 is 0. The van der Waals surface area contributed by atoms with Gasteiger partial charge in [0.2, 0.25) is 0 Å². The van der Waals surface area contributed by atoms with Crippen molar-refractivity contribution in [2.45, 2.75) is 32.8 Å². The molecule has 0 radical (unpaired) electrons. The van der Waals surface area contributed by atoms with Gasteiger partial charge < -0.3 is 20.1 Å². The van der Waals surface area contributed by atoms with Crippen LogP contribution in [0.1, 0.15) is 27.2 Å². The molecule has 0 saturated heterocycles. The number of nitrogens with one attached hydrogen (secondary N) is 1. The quantitative estimate of drug-likeness (QED) is 0.470. The van der Waals surface area contributed by atoms with Gasteiger partial charge in [0.05, 0.1) is 0 Å². The Labute approximate surface area is 90.3 Å². The molecule has 0 atom stereocenters. The van der Waals surface area contributed by atoms with Crippen LogP contribution in [0, 0.1) is 0 Å². The molecule has 0 aromatic carbocycles. The third kappa shape index (κ3) is 10.9. The highest BCUT2D eigenvalue weighted by molar-refractivity contribution is 6.47. The van der Waals surface area contributed by atoms with Crippen LogP contribution in [0.4, 0.5) is 4.79 Å². The molecule has 15 heavy (non-hydrogen) atoms. The van der Waals surface area contributed by atoms with Gasteiger partial charge in [-0.3, -0.25) is 0 Å². The maximum Gasteiger partial charge on any atom is 0.480 e. The summed E-state index contributed by atoms with van der Waals surface area (Å²) in [5, 5.41) is 19.5. The fraction of sp³-hybridized carbons (Fsp3) is 0.667. The van der Waals surface area contributed by atoms with Gasteiger partial charge >= 0.3 is 13.2 Å². The minimum absolute atomic E-state index is 0.401. The summed E-state index contributed by atoms with van der Waals surface area (Å²) in [5.74, 6) is 1.23. The van der Waals surface area contributed by atoms with E-state index < -0.39 is 18.8 Å². The van der Waals surface area contributed by atoms with Gasteiger partial charge in [-0.1, -0.05) is 12.1 Å². The first-order valence-electron chi connectivity index (χ1n) is 4.81. The van der Waals surface area contributed by atoms with Gasteiger partial charge in [-0.25, -0.2) is 4.79 Å². The molecule has 0 aromatic rings. The van der Waals surface area contributed by atoms with Crippen LogP contribution in [-0.4, -0.2) is 35.4 Å². The number of rotatable bonds is 4. The summed E-state index contributed by atoms with van der Waals surface area (Å²) in [6.07, 6.45) is 1.62. The number of hydrogen-bond acceptors (Lipinski definition) is 4. The minimum Gasteiger partial charge on any atom is -0.444 e. The van der Waals surface area contributed by atoms with Crippen molar-refractivity contribution >= 4 is 13.2 Å². The lowest BCUT2D eigenvalue weighted by molar-refractivity contribution is 0.0529. The van der Waals surface area contributed by atoms with E-state index in [9.17, 15) is 4.79 Å². The fourth-order valence-corrected chi connectivity index (χ4v) is 0.790. The van der Waals surface area contributed by atoms with Crippen LogP contribution in [0.15, 0.2) is 12.1 Å². The molecule has 6 heteroatoms. The minimum atomic E-state index is -1.44. The Morgan fingerprint density at radius 2 is 2.07 bits per heavy atom. The number of hydrogen-bond donors (Lipinski definition) is 3. The average Bonchev–Trinajstić information content (AvgIpc) is 1.99. The van der Waals surface area contributed by atoms with Gasteiger partial charge in [-0.2, -0.15) is 0 Å². The molecule has 0 aliphatic carbocycles. The molecule has 0 unspecified atom stereocenters. The maximum atomic E-state index is 11.1. The molecule has 0 fully saturated rings. The molecule has 0 heterocycles. The van der Waals surface area contributed by atoms with Gasteiger partial charge in [0, 0.05) is 6.54 Å². The second kappa shape index (κ2) is 6.47. The Bertz CT molecular complexity index is 223. The summed E-state index contributed by atoms with van der Waals surface area (Å²) in [7, 11) is -1.44. The maximum absolute atomic E-state index is 11.1. The third-order valence-corrected chi connectivity index (χ3v) is 1.29. The van der Waals surface area contributed by atoms with Crippen molar-refractivity contribution in [3.8, 4) is 0 Å². The standard InChI is InChI=1S/C9H18BNO4/c1-9(2,3)15-8(12)11-7-5-4-6-10(13)14/h4,6,13-14H,5,7H2,1-3H3,(H,11,12)/b6-4+. The van der Waals surface area contributed by atoms with E-state index in [-0.39, 0.29) is 0 Å². The fourth-order valence-electron chi connectivity index (χ4n) is 0.790. The van der Waals surface area contributed by atoms with E-state index in [0.29, 0.717) is 13.0 Å². The molecule has 1 amide bonds. The van der Waals surface area contributed by atoms with Gasteiger partial charge in [0.25, 0.3) is 0 Å². The zero-order valence-electron chi connectivity index (χ0n) is 9.36. The molecule has 0 bridgehead atoms. The number of carbonyl (C=O) groups excluding carboxylic acids is 1.